The molecule has 9 heteroatoms. The molecule has 0 bridgehead atoms. The minimum atomic E-state index is -2.79. The maximum absolute atomic E-state index is 13.1. The number of nitrogens with two attached hydrogens (primary N) is 1. The number of thioether (sulfide) groups is 1. The van der Waals surface area contributed by atoms with Gasteiger partial charge in [0.2, 0.25) is 0 Å². The maximum atomic E-state index is 13.1. The molecule has 5 rings (SSSR count). The van der Waals surface area contributed by atoms with Gasteiger partial charge in [-0.1, -0.05) is 99.6 Å². The van der Waals surface area contributed by atoms with Crippen LogP contribution in [0.1, 0.15) is 50.7 Å². The number of carbonyl (C=O) groups is 1. The highest BCUT2D eigenvalue weighted by Gasteiger charge is 2.51. The first-order valence-corrected chi connectivity index (χ1v) is 16.9. The molecule has 0 spiro atoms. The van der Waals surface area contributed by atoms with Crippen molar-refractivity contribution in [3.05, 3.63) is 113 Å². The van der Waals surface area contributed by atoms with E-state index < -0.39 is 20.2 Å². The largest absolute Gasteiger partial charge is 0.405 e. The van der Waals surface area contributed by atoms with Crippen LogP contribution >= 0.6 is 11.8 Å². The lowest BCUT2D eigenvalue weighted by molar-refractivity contribution is -0.0203. The Morgan fingerprint density at radius 1 is 1.00 bits per heavy atom. The van der Waals surface area contributed by atoms with E-state index in [-0.39, 0.29) is 33.6 Å². The molecule has 1 aliphatic rings. The van der Waals surface area contributed by atoms with Crippen molar-refractivity contribution >= 4 is 42.1 Å². The van der Waals surface area contributed by atoms with E-state index in [1.54, 1.807) is 11.8 Å². The summed E-state index contributed by atoms with van der Waals surface area (Å²) >= 11 is 1.64. The standard InChI is InChI=1S/C33H37N3O4SSi/c1-23(37)28-21-36(32(38)35-30(28)34)31-29(41-25-14-8-5-9-15-25)20-24(40-31)22-39-42(33(2,3)4,26-16-10-6-11-17-26)27-18-12-7-13-19-27/h5-19,21,24,29,31H,20,22H2,1-4H3,(H2,34,35,38)/t24-,29+,31+/m0/s1. The van der Waals surface area contributed by atoms with Gasteiger partial charge in [-0.15, -0.1) is 11.8 Å². The van der Waals surface area contributed by atoms with Crippen LogP contribution in [0.15, 0.2) is 107 Å². The molecule has 1 aliphatic heterocycles. The first-order chi connectivity index (χ1) is 20.1. The highest BCUT2D eigenvalue weighted by atomic mass is 32.2. The average molecular weight is 600 g/mol. The summed E-state index contributed by atoms with van der Waals surface area (Å²) in [7, 11) is -2.79. The van der Waals surface area contributed by atoms with Crippen LogP contribution in [0, 0.1) is 0 Å². The summed E-state index contributed by atoms with van der Waals surface area (Å²) in [6.45, 7) is 8.50. The van der Waals surface area contributed by atoms with Crippen molar-refractivity contribution in [2.45, 2.75) is 61.6 Å². The molecule has 2 N–H and O–H groups in total. The summed E-state index contributed by atoms with van der Waals surface area (Å²) in [5.41, 5.74) is 5.57. The number of nitrogens with zero attached hydrogens (tertiary/aromatic N) is 2. The van der Waals surface area contributed by atoms with Crippen LogP contribution in [-0.4, -0.2) is 41.6 Å². The molecule has 0 aliphatic carbocycles. The summed E-state index contributed by atoms with van der Waals surface area (Å²) < 4.78 is 15.2. The van der Waals surface area contributed by atoms with Crippen molar-refractivity contribution in [1.29, 1.82) is 0 Å². The van der Waals surface area contributed by atoms with E-state index in [4.69, 9.17) is 14.9 Å². The van der Waals surface area contributed by atoms with Crippen molar-refractivity contribution in [1.82, 2.24) is 9.55 Å². The summed E-state index contributed by atoms with van der Waals surface area (Å²) in [5.74, 6) is -0.328. The predicted molar refractivity (Wildman–Crippen MR) is 171 cm³/mol. The second-order valence-corrected chi connectivity index (χ2v) is 17.2. The lowest BCUT2D eigenvalue weighted by atomic mass is 10.2. The fraction of sp³-hybridized carbons (Fsp3) is 0.303. The van der Waals surface area contributed by atoms with Crippen LogP contribution in [0.25, 0.3) is 0 Å². The molecule has 1 saturated heterocycles. The summed E-state index contributed by atoms with van der Waals surface area (Å²) in [6.07, 6.45) is 1.20. The summed E-state index contributed by atoms with van der Waals surface area (Å²) in [5, 5.41) is 2.08. The summed E-state index contributed by atoms with van der Waals surface area (Å²) in [6, 6.07) is 31.0. The Kier molecular flexibility index (Phi) is 8.84. The molecule has 0 unspecified atom stereocenters. The third-order valence-corrected chi connectivity index (χ3v) is 14.0. The van der Waals surface area contributed by atoms with Crippen LogP contribution < -0.4 is 21.8 Å². The Morgan fingerprint density at radius 2 is 1.55 bits per heavy atom. The molecule has 1 aromatic heterocycles. The third-order valence-electron chi connectivity index (χ3n) is 7.71. The zero-order valence-electron chi connectivity index (χ0n) is 24.4. The van der Waals surface area contributed by atoms with Gasteiger partial charge in [0.25, 0.3) is 8.32 Å². The predicted octanol–water partition coefficient (Wildman–Crippen LogP) is 5.05. The van der Waals surface area contributed by atoms with Crippen molar-refractivity contribution in [2.75, 3.05) is 12.3 Å². The van der Waals surface area contributed by atoms with Crippen LogP contribution in [0.3, 0.4) is 0 Å². The molecule has 7 nitrogen and oxygen atoms in total. The molecule has 0 radical (unpaired) electrons. The second kappa shape index (κ2) is 12.4. The smallest absolute Gasteiger partial charge is 0.351 e. The minimum absolute atomic E-state index is 0.0689. The van der Waals surface area contributed by atoms with Gasteiger partial charge < -0.3 is 14.9 Å². The first-order valence-electron chi connectivity index (χ1n) is 14.1. The van der Waals surface area contributed by atoms with Gasteiger partial charge in [0, 0.05) is 11.1 Å². The van der Waals surface area contributed by atoms with Crippen molar-refractivity contribution in [3.8, 4) is 0 Å². The highest BCUT2D eigenvalue weighted by molar-refractivity contribution is 8.00. The van der Waals surface area contributed by atoms with Crippen molar-refractivity contribution in [2.24, 2.45) is 0 Å². The molecule has 42 heavy (non-hydrogen) atoms. The lowest BCUT2D eigenvalue weighted by Gasteiger charge is -2.43. The van der Waals surface area contributed by atoms with E-state index in [0.29, 0.717) is 13.0 Å². The highest BCUT2D eigenvalue weighted by Crippen LogP contribution is 2.42. The van der Waals surface area contributed by atoms with Gasteiger partial charge in [0.05, 0.1) is 23.5 Å². The van der Waals surface area contributed by atoms with Gasteiger partial charge in [-0.25, -0.2) is 4.79 Å². The Bertz CT molecular complexity index is 1540. The molecule has 3 aromatic carbocycles. The SMILES string of the molecule is CC(=O)c1cn([C@@H]2O[C@H](CO[Si](c3ccccc3)(c3ccccc3)C(C)(C)C)C[C@H]2Sc2ccccc2)c(=O)nc1N. The molecule has 1 fully saturated rings. The van der Waals surface area contributed by atoms with E-state index in [9.17, 15) is 9.59 Å². The molecular formula is C33H37N3O4SSi. The minimum Gasteiger partial charge on any atom is -0.405 e. The van der Waals surface area contributed by atoms with Gasteiger partial charge in [-0.2, -0.15) is 4.98 Å². The monoisotopic (exact) mass is 599 g/mol. The maximum Gasteiger partial charge on any atom is 0.351 e. The Morgan fingerprint density at radius 3 is 2.07 bits per heavy atom. The third kappa shape index (κ3) is 6.01. The fourth-order valence-electron chi connectivity index (χ4n) is 5.76. The van der Waals surface area contributed by atoms with E-state index in [0.717, 1.165) is 4.90 Å². The molecule has 4 aromatic rings. The zero-order valence-corrected chi connectivity index (χ0v) is 26.2. The van der Waals surface area contributed by atoms with Gasteiger partial charge >= 0.3 is 5.69 Å². The van der Waals surface area contributed by atoms with Crippen molar-refractivity contribution in [3.63, 3.8) is 0 Å². The van der Waals surface area contributed by atoms with E-state index in [2.05, 4.69) is 74.3 Å². The molecule has 3 atom stereocenters. The molecule has 2 heterocycles. The number of ether oxygens (including phenoxy) is 1. The average Bonchev–Trinajstić information content (AvgIpc) is 3.36. The second-order valence-electron chi connectivity index (χ2n) is 11.6. The number of ketones is 1. The number of hydrogen-bond acceptors (Lipinski definition) is 7. The lowest BCUT2D eigenvalue weighted by Crippen LogP contribution is -2.67. The Balaban J connectivity index is 1.51. The number of nitrogen functional groups attached to an aromatic ring is 1. The first kappa shape index (κ1) is 30.0. The van der Waals surface area contributed by atoms with E-state index >= 15 is 0 Å². The topological polar surface area (TPSA) is 96.4 Å². The van der Waals surface area contributed by atoms with Crippen molar-refractivity contribution < 1.29 is 14.0 Å². The number of Topliss-reactive ketones (excluding diaryl/α,β-unsaturated/α-hetero) is 1. The zero-order chi connectivity index (χ0) is 29.9. The number of rotatable bonds is 9. The molecular weight excluding hydrogens is 563 g/mol. The van der Waals surface area contributed by atoms with Crippen LogP contribution in [0.2, 0.25) is 5.04 Å². The van der Waals surface area contributed by atoms with Crippen LogP contribution in [0.4, 0.5) is 5.82 Å². The number of benzene rings is 3. The number of anilines is 1. The normalized spacial score (nSPS) is 19.1. The number of carbonyl (C=O) groups excluding carboxylic acids is 1. The van der Waals surface area contributed by atoms with E-state index in [1.165, 1.54) is 28.1 Å². The quantitative estimate of drug-likeness (QED) is 0.212. The fourth-order valence-corrected chi connectivity index (χ4v) is 11.6. The molecule has 0 amide bonds. The van der Waals surface area contributed by atoms with Gasteiger partial charge in [-0.05, 0) is 40.9 Å². The Hall–Kier alpha value is -3.50. The van der Waals surface area contributed by atoms with Gasteiger partial charge in [0.1, 0.15) is 5.82 Å². The molecule has 218 valence electrons. The van der Waals surface area contributed by atoms with Crippen LogP contribution in [0.5, 0.6) is 0 Å². The summed E-state index contributed by atoms with van der Waals surface area (Å²) in [4.78, 5) is 30.3. The number of aromatic nitrogens is 2. The Labute approximate surface area is 252 Å². The van der Waals surface area contributed by atoms with Crippen LogP contribution in [-0.2, 0) is 9.16 Å². The van der Waals surface area contributed by atoms with E-state index in [1.807, 2.05) is 42.5 Å². The molecule has 0 saturated carbocycles. The van der Waals surface area contributed by atoms with Gasteiger partial charge in [-0.3, -0.25) is 9.36 Å². The van der Waals surface area contributed by atoms with Gasteiger partial charge in [0.15, 0.2) is 12.0 Å². The number of hydrogen-bond donors (Lipinski definition) is 1.